The van der Waals surface area contributed by atoms with Gasteiger partial charge in [0.1, 0.15) is 0 Å². The number of hydrogen-bond acceptors (Lipinski definition) is 4. The molecule has 6 nitrogen and oxygen atoms in total. The number of amides is 2. The lowest BCUT2D eigenvalue weighted by Gasteiger charge is -2.32. The highest BCUT2D eigenvalue weighted by Gasteiger charge is 2.22. The molecule has 1 aromatic rings. The zero-order valence-corrected chi connectivity index (χ0v) is 18.7. The number of carbonyl (C=O) groups is 2. The van der Waals surface area contributed by atoms with E-state index in [1.54, 1.807) is 0 Å². The molecule has 1 aromatic carbocycles. The van der Waals surface area contributed by atoms with E-state index in [-0.39, 0.29) is 55.1 Å². The van der Waals surface area contributed by atoms with Crippen molar-refractivity contribution in [1.29, 1.82) is 0 Å². The Morgan fingerprint density at radius 1 is 1.18 bits per heavy atom. The van der Waals surface area contributed by atoms with Gasteiger partial charge < -0.3 is 16.4 Å². The molecule has 1 fully saturated rings. The van der Waals surface area contributed by atoms with Gasteiger partial charge in [0, 0.05) is 30.7 Å². The van der Waals surface area contributed by atoms with Gasteiger partial charge in [0.15, 0.2) is 0 Å². The summed E-state index contributed by atoms with van der Waals surface area (Å²) in [6.45, 7) is 6.48. The first-order valence-corrected chi connectivity index (χ1v) is 9.52. The maximum absolute atomic E-state index is 12.0. The fraction of sp³-hybridized carbons (Fsp3) is 0.579. The third-order valence-electron chi connectivity index (χ3n) is 4.72. The van der Waals surface area contributed by atoms with E-state index in [2.05, 4.69) is 15.5 Å². The monoisotopic (exact) mass is 452 g/mol. The van der Waals surface area contributed by atoms with Crippen LogP contribution in [0.2, 0.25) is 5.02 Å². The maximum atomic E-state index is 12.0. The Morgan fingerprint density at radius 2 is 1.75 bits per heavy atom. The molecular formula is C19H31Cl3N4O2. The predicted molar refractivity (Wildman–Crippen MR) is 118 cm³/mol. The van der Waals surface area contributed by atoms with Crippen molar-refractivity contribution in [3.63, 3.8) is 0 Å². The summed E-state index contributed by atoms with van der Waals surface area (Å²) in [7, 11) is 0. The molecule has 1 saturated heterocycles. The number of halogens is 3. The van der Waals surface area contributed by atoms with Crippen LogP contribution in [0.3, 0.4) is 0 Å². The van der Waals surface area contributed by atoms with Gasteiger partial charge in [-0.25, -0.2) is 0 Å². The Hall–Kier alpha value is -1.05. The molecular weight excluding hydrogens is 423 g/mol. The van der Waals surface area contributed by atoms with Crippen LogP contribution in [0.1, 0.15) is 32.3 Å². The highest BCUT2D eigenvalue weighted by Crippen LogP contribution is 2.15. The molecule has 0 bridgehead atoms. The van der Waals surface area contributed by atoms with Crippen LogP contribution in [0.4, 0.5) is 0 Å². The summed E-state index contributed by atoms with van der Waals surface area (Å²) in [5.74, 6) is -0.401. The molecule has 0 aliphatic carbocycles. The van der Waals surface area contributed by atoms with Gasteiger partial charge in [-0.15, -0.1) is 24.8 Å². The summed E-state index contributed by atoms with van der Waals surface area (Å²) in [5.41, 5.74) is 7.00. The Labute approximate surface area is 184 Å². The minimum atomic E-state index is -0.584. The van der Waals surface area contributed by atoms with Gasteiger partial charge in [-0.2, -0.15) is 0 Å². The molecule has 4 N–H and O–H groups in total. The topological polar surface area (TPSA) is 87.5 Å². The minimum Gasteiger partial charge on any atom is -0.352 e. The van der Waals surface area contributed by atoms with Crippen LogP contribution in [-0.2, 0) is 16.1 Å². The van der Waals surface area contributed by atoms with Crippen LogP contribution in [0, 0.1) is 5.92 Å². The van der Waals surface area contributed by atoms with Crippen molar-refractivity contribution >= 4 is 48.2 Å². The molecule has 160 valence electrons. The second-order valence-electron chi connectivity index (χ2n) is 7.23. The van der Waals surface area contributed by atoms with Gasteiger partial charge in [-0.05, 0) is 36.5 Å². The molecule has 1 heterocycles. The lowest BCUT2D eigenvalue weighted by atomic mass is 10.0. The summed E-state index contributed by atoms with van der Waals surface area (Å²) in [6, 6.07) is 7.47. The molecule has 0 aromatic heterocycles. The van der Waals surface area contributed by atoms with E-state index in [0.717, 1.165) is 37.5 Å². The molecule has 0 unspecified atom stereocenters. The summed E-state index contributed by atoms with van der Waals surface area (Å²) >= 11 is 5.91. The van der Waals surface area contributed by atoms with Gasteiger partial charge in [-0.1, -0.05) is 37.6 Å². The lowest BCUT2D eigenvalue weighted by Crippen LogP contribution is -2.50. The number of benzene rings is 1. The molecule has 0 radical (unpaired) electrons. The largest absolute Gasteiger partial charge is 0.352 e. The second kappa shape index (κ2) is 13.2. The Kier molecular flexibility index (Phi) is 12.7. The summed E-state index contributed by atoms with van der Waals surface area (Å²) < 4.78 is 0. The van der Waals surface area contributed by atoms with Gasteiger partial charge >= 0.3 is 0 Å². The number of carbonyl (C=O) groups excluding carboxylic acids is 2. The van der Waals surface area contributed by atoms with Crippen LogP contribution in [-0.4, -0.2) is 48.4 Å². The van der Waals surface area contributed by atoms with E-state index in [1.165, 1.54) is 5.56 Å². The normalized spacial score (nSPS) is 15.9. The Balaban J connectivity index is 0.00000364. The smallest absolute Gasteiger partial charge is 0.239 e. The van der Waals surface area contributed by atoms with Crippen molar-refractivity contribution in [2.75, 3.05) is 19.6 Å². The summed E-state index contributed by atoms with van der Waals surface area (Å²) in [4.78, 5) is 26.2. The molecule has 9 heteroatoms. The van der Waals surface area contributed by atoms with Gasteiger partial charge in [0.2, 0.25) is 11.8 Å². The van der Waals surface area contributed by atoms with Gasteiger partial charge in [0.25, 0.3) is 0 Å². The number of piperidine rings is 1. The fourth-order valence-corrected chi connectivity index (χ4v) is 3.08. The quantitative estimate of drug-likeness (QED) is 0.591. The van der Waals surface area contributed by atoms with Crippen molar-refractivity contribution in [3.8, 4) is 0 Å². The van der Waals surface area contributed by atoms with Gasteiger partial charge in [-0.3, -0.25) is 14.5 Å². The molecule has 1 aliphatic heterocycles. The fourth-order valence-electron chi connectivity index (χ4n) is 2.95. The zero-order chi connectivity index (χ0) is 19.1. The molecule has 0 saturated carbocycles. The first-order valence-electron chi connectivity index (χ1n) is 9.14. The second-order valence-corrected chi connectivity index (χ2v) is 7.67. The molecule has 1 aliphatic rings. The third-order valence-corrected chi connectivity index (χ3v) is 4.97. The SMILES string of the molecule is CC(C)[C@H](N)C(=O)NCC(=O)NC1CCN(Cc2ccc(Cl)cc2)CC1.Cl.Cl. The van der Waals surface area contributed by atoms with Crippen molar-refractivity contribution in [2.45, 2.75) is 45.3 Å². The maximum Gasteiger partial charge on any atom is 0.239 e. The lowest BCUT2D eigenvalue weighted by molar-refractivity contribution is -0.127. The van der Waals surface area contributed by atoms with Crippen LogP contribution in [0.15, 0.2) is 24.3 Å². The minimum absolute atomic E-state index is 0. The van der Waals surface area contributed by atoms with Crippen molar-refractivity contribution < 1.29 is 9.59 Å². The number of nitrogens with zero attached hydrogens (tertiary/aromatic N) is 1. The van der Waals surface area contributed by atoms with E-state index in [9.17, 15) is 9.59 Å². The Bertz CT molecular complexity index is 606. The Morgan fingerprint density at radius 3 is 2.29 bits per heavy atom. The van der Waals surface area contributed by atoms with Crippen molar-refractivity contribution in [3.05, 3.63) is 34.9 Å². The molecule has 2 amide bonds. The zero-order valence-electron chi connectivity index (χ0n) is 16.3. The number of likely N-dealkylation sites (tertiary alicyclic amines) is 1. The first kappa shape index (κ1) is 27.0. The average molecular weight is 454 g/mol. The molecule has 0 spiro atoms. The van der Waals surface area contributed by atoms with E-state index in [4.69, 9.17) is 17.3 Å². The first-order chi connectivity index (χ1) is 12.3. The van der Waals surface area contributed by atoms with Gasteiger partial charge in [0.05, 0.1) is 12.6 Å². The van der Waals surface area contributed by atoms with E-state index >= 15 is 0 Å². The standard InChI is InChI=1S/C19H29ClN4O2.2ClH/c1-13(2)18(21)19(26)22-11-17(25)23-16-7-9-24(10-8-16)12-14-3-5-15(20)6-4-14;;/h3-6,13,16,18H,7-12,21H2,1-2H3,(H,22,26)(H,23,25);2*1H/t18-;;/m0../s1. The molecule has 2 rings (SSSR count). The van der Waals surface area contributed by atoms with Crippen LogP contribution in [0.5, 0.6) is 0 Å². The summed E-state index contributed by atoms with van der Waals surface area (Å²) in [5, 5.41) is 6.34. The third kappa shape index (κ3) is 8.97. The molecule has 1 atom stereocenters. The number of rotatable bonds is 7. The van der Waals surface area contributed by atoms with Crippen LogP contribution >= 0.6 is 36.4 Å². The van der Waals surface area contributed by atoms with E-state index < -0.39 is 6.04 Å². The number of nitrogens with one attached hydrogen (secondary N) is 2. The van der Waals surface area contributed by atoms with E-state index in [1.807, 2.05) is 38.1 Å². The average Bonchev–Trinajstić information content (AvgIpc) is 2.62. The van der Waals surface area contributed by atoms with Crippen LogP contribution < -0.4 is 16.4 Å². The predicted octanol–water partition coefficient (Wildman–Crippen LogP) is 2.36. The number of nitrogens with two attached hydrogens (primary N) is 1. The van der Waals surface area contributed by atoms with Crippen molar-refractivity contribution in [1.82, 2.24) is 15.5 Å². The van der Waals surface area contributed by atoms with Crippen molar-refractivity contribution in [2.24, 2.45) is 11.7 Å². The van der Waals surface area contributed by atoms with E-state index in [0.29, 0.717) is 0 Å². The summed E-state index contributed by atoms with van der Waals surface area (Å²) in [6.07, 6.45) is 1.80. The highest BCUT2D eigenvalue weighted by atomic mass is 35.5. The molecule has 28 heavy (non-hydrogen) atoms. The highest BCUT2D eigenvalue weighted by molar-refractivity contribution is 6.30. The number of hydrogen-bond donors (Lipinski definition) is 3. The van der Waals surface area contributed by atoms with Crippen LogP contribution in [0.25, 0.3) is 0 Å².